The summed E-state index contributed by atoms with van der Waals surface area (Å²) in [5.41, 5.74) is 2.47. The fraction of sp³-hybridized carbons (Fsp3) is 0.0909. The first-order valence-corrected chi connectivity index (χ1v) is 4.62. The van der Waals surface area contributed by atoms with Gasteiger partial charge in [0.25, 0.3) is 5.56 Å². The van der Waals surface area contributed by atoms with E-state index in [0.717, 1.165) is 10.9 Å². The third-order valence-corrected chi connectivity index (χ3v) is 2.41. The number of hydrogen-bond acceptors (Lipinski definition) is 3. The van der Waals surface area contributed by atoms with E-state index in [0.29, 0.717) is 11.1 Å². The quantitative estimate of drug-likeness (QED) is 0.603. The Morgan fingerprint density at radius 1 is 1.40 bits per heavy atom. The van der Waals surface area contributed by atoms with Crippen molar-refractivity contribution < 1.29 is 4.42 Å². The van der Waals surface area contributed by atoms with E-state index >= 15 is 0 Å². The van der Waals surface area contributed by atoms with Crippen LogP contribution in [0.4, 0.5) is 0 Å². The van der Waals surface area contributed by atoms with Crippen LogP contribution in [0.15, 0.2) is 33.7 Å². The zero-order chi connectivity index (χ0) is 10.4. The molecule has 0 radical (unpaired) electrons. The molecule has 0 spiro atoms. The summed E-state index contributed by atoms with van der Waals surface area (Å²) in [5.74, 6) is 0. The Balaban J connectivity index is 2.63. The number of benzene rings is 1. The lowest BCUT2D eigenvalue weighted by Gasteiger charge is -1.89. The molecule has 0 atom stereocenters. The molecule has 2 heterocycles. The number of aromatic amines is 1. The summed E-state index contributed by atoms with van der Waals surface area (Å²) < 4.78 is 5.46. The maximum absolute atomic E-state index is 11.4. The van der Waals surface area contributed by atoms with Gasteiger partial charge in [-0.15, -0.1) is 0 Å². The molecule has 4 heteroatoms. The smallest absolute Gasteiger partial charge is 0.294 e. The minimum absolute atomic E-state index is 0.242. The third-order valence-electron chi connectivity index (χ3n) is 2.41. The van der Waals surface area contributed by atoms with Crippen molar-refractivity contribution in [1.29, 1.82) is 0 Å². The highest BCUT2D eigenvalue weighted by atomic mass is 16.3. The minimum atomic E-state index is -0.242. The number of aromatic nitrogens is 2. The first-order valence-electron chi connectivity index (χ1n) is 4.62. The van der Waals surface area contributed by atoms with Crippen LogP contribution < -0.4 is 5.56 Å². The number of H-pyrrole nitrogens is 1. The summed E-state index contributed by atoms with van der Waals surface area (Å²) in [6, 6.07) is 5.79. The molecule has 1 aromatic carbocycles. The second kappa shape index (κ2) is 2.70. The highest BCUT2D eigenvalue weighted by Crippen LogP contribution is 2.24. The van der Waals surface area contributed by atoms with Gasteiger partial charge in [-0.05, 0) is 24.6 Å². The van der Waals surface area contributed by atoms with Crippen molar-refractivity contribution in [3.05, 3.63) is 40.4 Å². The van der Waals surface area contributed by atoms with Crippen LogP contribution in [0.1, 0.15) is 5.56 Å². The van der Waals surface area contributed by atoms with Gasteiger partial charge in [0, 0.05) is 5.39 Å². The highest BCUT2D eigenvalue weighted by Gasteiger charge is 2.10. The van der Waals surface area contributed by atoms with E-state index in [1.807, 2.05) is 25.1 Å². The van der Waals surface area contributed by atoms with Gasteiger partial charge in [-0.1, -0.05) is 6.07 Å². The number of aryl methyl sites for hydroxylation is 1. The molecule has 4 nitrogen and oxygen atoms in total. The second-order valence-corrected chi connectivity index (χ2v) is 3.51. The molecule has 15 heavy (non-hydrogen) atoms. The van der Waals surface area contributed by atoms with E-state index in [1.54, 1.807) is 0 Å². The van der Waals surface area contributed by atoms with Crippen molar-refractivity contribution in [2.75, 3.05) is 0 Å². The molecule has 0 aliphatic heterocycles. The highest BCUT2D eigenvalue weighted by molar-refractivity contribution is 6.01. The predicted octanol–water partition coefficient (Wildman–Crippen LogP) is 1.98. The average Bonchev–Trinajstić information content (AvgIpc) is 2.57. The van der Waals surface area contributed by atoms with Gasteiger partial charge in [0.15, 0.2) is 0 Å². The molecule has 74 valence electrons. The van der Waals surface area contributed by atoms with Gasteiger partial charge in [0.2, 0.25) is 5.58 Å². The maximum Gasteiger partial charge on any atom is 0.294 e. The SMILES string of the molecule is Cc1ccc2c(c1)oc1c(=O)[nH]cnc12. The molecule has 0 saturated heterocycles. The summed E-state index contributed by atoms with van der Waals surface area (Å²) in [6.07, 6.45) is 1.39. The summed E-state index contributed by atoms with van der Waals surface area (Å²) in [5, 5.41) is 0.877. The van der Waals surface area contributed by atoms with Crippen LogP contribution in [-0.2, 0) is 0 Å². The van der Waals surface area contributed by atoms with Crippen molar-refractivity contribution in [3.8, 4) is 0 Å². The lowest BCUT2D eigenvalue weighted by molar-refractivity contribution is 0.661. The fourth-order valence-electron chi connectivity index (χ4n) is 1.69. The van der Waals surface area contributed by atoms with Crippen molar-refractivity contribution in [1.82, 2.24) is 9.97 Å². The summed E-state index contributed by atoms with van der Waals surface area (Å²) >= 11 is 0. The van der Waals surface area contributed by atoms with Gasteiger partial charge in [-0.25, -0.2) is 4.98 Å². The first kappa shape index (κ1) is 8.23. The van der Waals surface area contributed by atoms with E-state index in [2.05, 4.69) is 9.97 Å². The Morgan fingerprint density at radius 2 is 2.27 bits per heavy atom. The number of hydrogen-bond donors (Lipinski definition) is 1. The lowest BCUT2D eigenvalue weighted by Crippen LogP contribution is -2.03. The molecule has 1 N–H and O–H groups in total. The number of rotatable bonds is 0. The van der Waals surface area contributed by atoms with Crippen LogP contribution in [0.25, 0.3) is 22.1 Å². The fourth-order valence-corrected chi connectivity index (χ4v) is 1.69. The molecule has 0 aliphatic rings. The third kappa shape index (κ3) is 1.08. The molecule has 3 rings (SSSR count). The van der Waals surface area contributed by atoms with Gasteiger partial charge in [-0.2, -0.15) is 0 Å². The Labute approximate surface area is 84.6 Å². The normalized spacial score (nSPS) is 11.3. The molecular formula is C11H8N2O2. The second-order valence-electron chi connectivity index (χ2n) is 3.51. The summed E-state index contributed by atoms with van der Waals surface area (Å²) in [4.78, 5) is 18.0. The van der Waals surface area contributed by atoms with Crippen LogP contribution in [0.5, 0.6) is 0 Å². The molecule has 2 aromatic heterocycles. The van der Waals surface area contributed by atoms with Crippen molar-refractivity contribution >= 4 is 22.1 Å². The number of nitrogens with zero attached hydrogens (tertiary/aromatic N) is 1. The zero-order valence-corrected chi connectivity index (χ0v) is 8.07. The van der Waals surface area contributed by atoms with Crippen molar-refractivity contribution in [2.45, 2.75) is 6.92 Å². The number of nitrogens with one attached hydrogen (secondary N) is 1. The average molecular weight is 200 g/mol. The molecule has 0 aliphatic carbocycles. The minimum Gasteiger partial charge on any atom is -0.448 e. The summed E-state index contributed by atoms with van der Waals surface area (Å²) in [6.45, 7) is 1.98. The van der Waals surface area contributed by atoms with E-state index in [4.69, 9.17) is 4.42 Å². The van der Waals surface area contributed by atoms with E-state index in [9.17, 15) is 4.79 Å². The van der Waals surface area contributed by atoms with Crippen LogP contribution in [-0.4, -0.2) is 9.97 Å². The first-order chi connectivity index (χ1) is 7.25. The Morgan fingerprint density at radius 3 is 3.13 bits per heavy atom. The predicted molar refractivity (Wildman–Crippen MR) is 56.9 cm³/mol. The molecular weight excluding hydrogens is 192 g/mol. The number of fused-ring (bicyclic) bond motifs is 3. The van der Waals surface area contributed by atoms with Gasteiger partial charge in [0.05, 0.1) is 6.33 Å². The molecule has 0 saturated carbocycles. The van der Waals surface area contributed by atoms with Gasteiger partial charge >= 0.3 is 0 Å². The zero-order valence-electron chi connectivity index (χ0n) is 8.07. The molecule has 3 aromatic rings. The van der Waals surface area contributed by atoms with E-state index in [1.165, 1.54) is 6.33 Å². The Hall–Kier alpha value is -2.10. The molecule has 0 bridgehead atoms. The molecule has 0 unspecified atom stereocenters. The van der Waals surface area contributed by atoms with Gasteiger partial charge in [0.1, 0.15) is 11.1 Å². The van der Waals surface area contributed by atoms with E-state index in [-0.39, 0.29) is 11.1 Å². The van der Waals surface area contributed by atoms with Crippen LogP contribution in [0, 0.1) is 6.92 Å². The number of furan rings is 1. The Bertz CT molecular complexity index is 709. The Kier molecular flexibility index (Phi) is 1.48. The van der Waals surface area contributed by atoms with Gasteiger partial charge in [-0.3, -0.25) is 4.79 Å². The van der Waals surface area contributed by atoms with Crippen molar-refractivity contribution in [2.24, 2.45) is 0 Å². The largest absolute Gasteiger partial charge is 0.448 e. The standard InChI is InChI=1S/C11H8N2O2/c1-6-2-3-7-8(4-6)15-10-9(7)12-5-13-11(10)14/h2-5H,1H3,(H,12,13,14). The molecule has 0 fully saturated rings. The topological polar surface area (TPSA) is 58.9 Å². The lowest BCUT2D eigenvalue weighted by atomic mass is 10.2. The maximum atomic E-state index is 11.4. The van der Waals surface area contributed by atoms with Gasteiger partial charge < -0.3 is 9.40 Å². The van der Waals surface area contributed by atoms with Crippen molar-refractivity contribution in [3.63, 3.8) is 0 Å². The van der Waals surface area contributed by atoms with Crippen LogP contribution in [0.3, 0.4) is 0 Å². The monoisotopic (exact) mass is 200 g/mol. The molecule has 0 amide bonds. The van der Waals surface area contributed by atoms with Crippen LogP contribution >= 0.6 is 0 Å². The van der Waals surface area contributed by atoms with E-state index < -0.39 is 0 Å². The van der Waals surface area contributed by atoms with Crippen LogP contribution in [0.2, 0.25) is 0 Å². The summed E-state index contributed by atoms with van der Waals surface area (Å²) in [7, 11) is 0.